The van der Waals surface area contributed by atoms with Crippen molar-refractivity contribution in [2.75, 3.05) is 5.32 Å². The van der Waals surface area contributed by atoms with E-state index < -0.39 is 0 Å². The van der Waals surface area contributed by atoms with E-state index in [2.05, 4.69) is 5.32 Å². The molecule has 19 heavy (non-hydrogen) atoms. The fourth-order valence-corrected chi connectivity index (χ4v) is 1.89. The zero-order valence-electron chi connectivity index (χ0n) is 9.93. The second-order valence-corrected chi connectivity index (χ2v) is 5.14. The van der Waals surface area contributed by atoms with Gasteiger partial charge in [-0.2, -0.15) is 0 Å². The van der Waals surface area contributed by atoms with Crippen molar-refractivity contribution in [3.8, 4) is 5.75 Å². The predicted octanol–water partition coefficient (Wildman–Crippen LogP) is 2.74. The molecule has 0 heterocycles. The zero-order valence-corrected chi connectivity index (χ0v) is 12.1. The van der Waals surface area contributed by atoms with E-state index in [1.165, 1.54) is 6.07 Å². The van der Waals surface area contributed by atoms with Gasteiger partial charge in [-0.1, -0.05) is 12.1 Å². The van der Waals surface area contributed by atoms with Crippen molar-refractivity contribution in [2.45, 2.75) is 6.61 Å². The number of aliphatic hydroxyl groups is 1. The smallest absolute Gasteiger partial charge is 0.255 e. The Morgan fingerprint density at radius 1 is 1.16 bits per heavy atom. The Kier molecular flexibility index (Phi) is 4.39. The van der Waals surface area contributed by atoms with Crippen LogP contribution in [-0.4, -0.2) is 16.1 Å². The van der Waals surface area contributed by atoms with E-state index in [-0.39, 0.29) is 18.3 Å². The zero-order chi connectivity index (χ0) is 13.8. The van der Waals surface area contributed by atoms with Crippen LogP contribution in [0, 0.1) is 3.57 Å². The topological polar surface area (TPSA) is 69.6 Å². The minimum Gasteiger partial charge on any atom is -0.507 e. The van der Waals surface area contributed by atoms with Crippen LogP contribution in [0.3, 0.4) is 0 Å². The standard InChI is InChI=1S/C14H12INO3/c15-12-6-3-10(7-13(12)18)14(19)16-11-4-1-9(8-17)2-5-11/h1-7,17-18H,8H2,(H,16,19). The maximum Gasteiger partial charge on any atom is 0.255 e. The van der Waals surface area contributed by atoms with Crippen LogP contribution < -0.4 is 5.32 Å². The van der Waals surface area contributed by atoms with E-state index in [4.69, 9.17) is 5.11 Å². The molecule has 4 nitrogen and oxygen atoms in total. The van der Waals surface area contributed by atoms with Crippen LogP contribution in [0.15, 0.2) is 42.5 Å². The minimum absolute atomic E-state index is 0.0286. The lowest BCUT2D eigenvalue weighted by molar-refractivity contribution is 0.102. The number of amides is 1. The SMILES string of the molecule is O=C(Nc1ccc(CO)cc1)c1ccc(I)c(O)c1. The summed E-state index contributed by atoms with van der Waals surface area (Å²) in [7, 11) is 0. The molecule has 2 aromatic rings. The summed E-state index contributed by atoms with van der Waals surface area (Å²) in [4.78, 5) is 12.0. The van der Waals surface area contributed by atoms with Gasteiger partial charge in [-0.05, 0) is 58.5 Å². The highest BCUT2D eigenvalue weighted by atomic mass is 127. The van der Waals surface area contributed by atoms with Crippen molar-refractivity contribution >= 4 is 34.2 Å². The lowest BCUT2D eigenvalue weighted by atomic mass is 10.2. The number of hydrogen-bond donors (Lipinski definition) is 3. The third-order valence-electron chi connectivity index (χ3n) is 2.60. The summed E-state index contributed by atoms with van der Waals surface area (Å²) >= 11 is 1.99. The van der Waals surface area contributed by atoms with Crippen LogP contribution in [0.25, 0.3) is 0 Å². The number of anilines is 1. The van der Waals surface area contributed by atoms with Gasteiger partial charge in [0.25, 0.3) is 5.91 Å². The normalized spacial score (nSPS) is 10.2. The van der Waals surface area contributed by atoms with E-state index in [0.717, 1.165) is 5.56 Å². The molecule has 5 heteroatoms. The molecule has 0 aliphatic carbocycles. The van der Waals surface area contributed by atoms with Gasteiger partial charge in [0.1, 0.15) is 5.75 Å². The van der Waals surface area contributed by atoms with Gasteiger partial charge in [0.15, 0.2) is 0 Å². The van der Waals surface area contributed by atoms with Gasteiger partial charge in [-0.25, -0.2) is 0 Å². The molecular formula is C14H12INO3. The molecule has 0 atom stereocenters. The van der Waals surface area contributed by atoms with Crippen LogP contribution in [-0.2, 0) is 6.61 Å². The first kappa shape index (κ1) is 13.8. The van der Waals surface area contributed by atoms with Gasteiger partial charge in [-0.15, -0.1) is 0 Å². The van der Waals surface area contributed by atoms with Crippen molar-refractivity contribution < 1.29 is 15.0 Å². The Morgan fingerprint density at radius 2 is 1.84 bits per heavy atom. The number of phenols is 1. The summed E-state index contributed by atoms with van der Waals surface area (Å²) in [5.41, 5.74) is 1.81. The highest BCUT2D eigenvalue weighted by Gasteiger charge is 2.08. The molecule has 0 aliphatic rings. The number of aromatic hydroxyl groups is 1. The Balaban J connectivity index is 2.13. The van der Waals surface area contributed by atoms with E-state index in [9.17, 15) is 9.90 Å². The number of aliphatic hydroxyl groups excluding tert-OH is 1. The Hall–Kier alpha value is -1.60. The van der Waals surface area contributed by atoms with Crippen molar-refractivity contribution in [1.29, 1.82) is 0 Å². The molecule has 0 saturated heterocycles. The first-order valence-corrected chi connectivity index (χ1v) is 6.67. The van der Waals surface area contributed by atoms with Crippen LogP contribution in [0.2, 0.25) is 0 Å². The van der Waals surface area contributed by atoms with Crippen LogP contribution in [0.1, 0.15) is 15.9 Å². The fraction of sp³-hybridized carbons (Fsp3) is 0.0714. The molecule has 2 rings (SSSR count). The van der Waals surface area contributed by atoms with Crippen LogP contribution >= 0.6 is 22.6 Å². The average Bonchev–Trinajstić information content (AvgIpc) is 2.42. The fourth-order valence-electron chi connectivity index (χ4n) is 1.55. The van der Waals surface area contributed by atoms with Crippen molar-refractivity contribution in [2.24, 2.45) is 0 Å². The molecule has 0 aromatic heterocycles. The maximum absolute atomic E-state index is 12.0. The summed E-state index contributed by atoms with van der Waals surface area (Å²) in [5, 5.41) is 21.2. The van der Waals surface area contributed by atoms with Gasteiger partial charge in [0.05, 0.1) is 10.2 Å². The number of halogens is 1. The summed E-state index contributed by atoms with van der Waals surface area (Å²) < 4.78 is 0.696. The Bertz CT molecular complexity index is 596. The van der Waals surface area contributed by atoms with E-state index in [0.29, 0.717) is 14.8 Å². The van der Waals surface area contributed by atoms with Crippen molar-refractivity contribution in [3.05, 3.63) is 57.2 Å². The average molecular weight is 369 g/mol. The predicted molar refractivity (Wildman–Crippen MR) is 81.1 cm³/mol. The second-order valence-electron chi connectivity index (χ2n) is 3.98. The van der Waals surface area contributed by atoms with Gasteiger partial charge < -0.3 is 15.5 Å². The largest absolute Gasteiger partial charge is 0.507 e. The first-order valence-electron chi connectivity index (χ1n) is 5.60. The Labute approximate surface area is 124 Å². The third kappa shape index (κ3) is 3.45. The quantitative estimate of drug-likeness (QED) is 0.729. The molecule has 3 N–H and O–H groups in total. The van der Waals surface area contributed by atoms with Gasteiger partial charge in [-0.3, -0.25) is 4.79 Å². The number of nitrogens with one attached hydrogen (secondary N) is 1. The molecule has 0 spiro atoms. The number of rotatable bonds is 3. The Morgan fingerprint density at radius 3 is 2.42 bits per heavy atom. The molecule has 0 aliphatic heterocycles. The van der Waals surface area contributed by atoms with Gasteiger partial charge >= 0.3 is 0 Å². The molecular weight excluding hydrogens is 357 g/mol. The summed E-state index contributed by atoms with van der Waals surface area (Å²) in [5.74, 6) is -0.202. The van der Waals surface area contributed by atoms with Crippen LogP contribution in [0.4, 0.5) is 5.69 Å². The highest BCUT2D eigenvalue weighted by molar-refractivity contribution is 14.1. The lowest BCUT2D eigenvalue weighted by Gasteiger charge is -2.07. The number of carbonyl (C=O) groups is 1. The number of phenolic OH excluding ortho intramolecular Hbond substituents is 1. The van der Waals surface area contributed by atoms with E-state index in [1.807, 2.05) is 22.6 Å². The summed E-state index contributed by atoms with van der Waals surface area (Å²) in [6, 6.07) is 11.7. The molecule has 0 unspecified atom stereocenters. The monoisotopic (exact) mass is 369 g/mol. The van der Waals surface area contributed by atoms with Gasteiger partial charge in [0.2, 0.25) is 0 Å². The molecule has 2 aromatic carbocycles. The highest BCUT2D eigenvalue weighted by Crippen LogP contribution is 2.21. The second kappa shape index (κ2) is 6.03. The molecule has 0 bridgehead atoms. The minimum atomic E-state index is -0.288. The first-order chi connectivity index (χ1) is 9.10. The van der Waals surface area contributed by atoms with E-state index in [1.54, 1.807) is 36.4 Å². The van der Waals surface area contributed by atoms with Gasteiger partial charge in [0, 0.05) is 11.3 Å². The third-order valence-corrected chi connectivity index (χ3v) is 3.51. The molecule has 0 saturated carbocycles. The van der Waals surface area contributed by atoms with Crippen LogP contribution in [0.5, 0.6) is 5.75 Å². The van der Waals surface area contributed by atoms with Crippen molar-refractivity contribution in [3.63, 3.8) is 0 Å². The molecule has 98 valence electrons. The number of benzene rings is 2. The molecule has 0 radical (unpaired) electrons. The number of carbonyl (C=O) groups excluding carboxylic acids is 1. The number of hydrogen-bond acceptors (Lipinski definition) is 3. The molecule has 1 amide bonds. The summed E-state index contributed by atoms with van der Waals surface area (Å²) in [6.45, 7) is -0.0286. The lowest BCUT2D eigenvalue weighted by Crippen LogP contribution is -2.11. The van der Waals surface area contributed by atoms with Crippen molar-refractivity contribution in [1.82, 2.24) is 0 Å². The summed E-state index contributed by atoms with van der Waals surface area (Å²) in [6.07, 6.45) is 0. The molecule has 0 fully saturated rings. The van der Waals surface area contributed by atoms with E-state index >= 15 is 0 Å². The maximum atomic E-state index is 12.0.